The van der Waals surface area contributed by atoms with Crippen LogP contribution >= 0.6 is 0 Å². The molecule has 2 heterocycles. The molecule has 2 nitrogen and oxygen atoms in total. The minimum absolute atomic E-state index is 0.675. The van der Waals surface area contributed by atoms with Gasteiger partial charge in [-0.25, -0.2) is 0 Å². The lowest BCUT2D eigenvalue weighted by atomic mass is 9.63. The Morgan fingerprint density at radius 2 is 0.820 bits per heavy atom. The fourth-order valence-electron chi connectivity index (χ4n) is 7.93. The van der Waals surface area contributed by atoms with Crippen molar-refractivity contribution in [3.05, 3.63) is 229 Å². The number of aromatic nitrogens is 2. The van der Waals surface area contributed by atoms with Crippen LogP contribution in [0.4, 0.5) is 0 Å². The lowest BCUT2D eigenvalue weighted by molar-refractivity contribution is 0.740. The molecule has 0 fully saturated rings. The summed E-state index contributed by atoms with van der Waals surface area (Å²) in [5, 5.41) is 2.50. The van der Waals surface area contributed by atoms with Crippen molar-refractivity contribution in [2.75, 3.05) is 0 Å². The third-order valence-corrected chi connectivity index (χ3v) is 10.1. The fourth-order valence-corrected chi connectivity index (χ4v) is 7.93. The standard InChI is InChI=1S/C48H34N2/c1-3-15-38(16-4-1)48(39-17-5-2-6-18-39,43-22-10-7-19-40(43)37-29-27-35(28-30-37)36-31-33-49-34-32-36)44-23-11-14-26-47(44)50-45-24-12-8-20-41(45)42-21-9-13-25-46(42)50/h1-34H. The largest absolute Gasteiger partial charge is 0.309 e. The Hall–Kier alpha value is -6.51. The molecule has 0 aliphatic rings. The van der Waals surface area contributed by atoms with Gasteiger partial charge in [-0.2, -0.15) is 0 Å². The van der Waals surface area contributed by atoms with E-state index in [4.69, 9.17) is 0 Å². The van der Waals surface area contributed by atoms with E-state index in [9.17, 15) is 0 Å². The van der Waals surface area contributed by atoms with E-state index in [1.807, 2.05) is 12.4 Å². The second-order valence-corrected chi connectivity index (χ2v) is 12.7. The molecule has 0 atom stereocenters. The van der Waals surface area contributed by atoms with Crippen molar-refractivity contribution in [1.29, 1.82) is 0 Å². The number of fused-ring (bicyclic) bond motifs is 3. The Balaban J connectivity index is 1.39. The molecule has 0 N–H and O–H groups in total. The van der Waals surface area contributed by atoms with Crippen LogP contribution in [0.2, 0.25) is 0 Å². The highest BCUT2D eigenvalue weighted by molar-refractivity contribution is 6.09. The van der Waals surface area contributed by atoms with Crippen molar-refractivity contribution in [3.63, 3.8) is 0 Å². The van der Waals surface area contributed by atoms with E-state index >= 15 is 0 Å². The van der Waals surface area contributed by atoms with Crippen molar-refractivity contribution in [2.45, 2.75) is 5.41 Å². The molecule has 0 spiro atoms. The zero-order valence-electron chi connectivity index (χ0n) is 27.5. The Kier molecular flexibility index (Phi) is 7.40. The molecule has 50 heavy (non-hydrogen) atoms. The Morgan fingerprint density at radius 3 is 1.44 bits per heavy atom. The van der Waals surface area contributed by atoms with E-state index in [0.29, 0.717) is 0 Å². The summed E-state index contributed by atoms with van der Waals surface area (Å²) in [4.78, 5) is 4.22. The third kappa shape index (κ3) is 4.76. The summed E-state index contributed by atoms with van der Waals surface area (Å²) in [7, 11) is 0. The van der Waals surface area contributed by atoms with Gasteiger partial charge in [0, 0.05) is 23.2 Å². The van der Waals surface area contributed by atoms with Crippen LogP contribution in [0, 0.1) is 0 Å². The molecule has 0 radical (unpaired) electrons. The van der Waals surface area contributed by atoms with Gasteiger partial charge in [-0.15, -0.1) is 0 Å². The summed E-state index contributed by atoms with van der Waals surface area (Å²) < 4.78 is 2.47. The predicted octanol–water partition coefficient (Wildman–Crippen LogP) is 11.9. The number of benzene rings is 7. The Morgan fingerprint density at radius 1 is 0.360 bits per heavy atom. The number of hydrogen-bond donors (Lipinski definition) is 0. The second kappa shape index (κ2) is 12.5. The van der Waals surface area contributed by atoms with Crippen molar-refractivity contribution in [3.8, 4) is 27.9 Å². The summed E-state index contributed by atoms with van der Waals surface area (Å²) in [6, 6.07) is 70.6. The summed E-state index contributed by atoms with van der Waals surface area (Å²) in [6.07, 6.45) is 3.70. The topological polar surface area (TPSA) is 17.8 Å². The van der Waals surface area contributed by atoms with Gasteiger partial charge in [0.15, 0.2) is 0 Å². The van der Waals surface area contributed by atoms with Crippen LogP contribution in [0.3, 0.4) is 0 Å². The van der Waals surface area contributed by atoms with Crippen molar-refractivity contribution in [1.82, 2.24) is 9.55 Å². The highest BCUT2D eigenvalue weighted by atomic mass is 15.0. The first-order chi connectivity index (χ1) is 24.8. The summed E-state index contributed by atoms with van der Waals surface area (Å²) in [5.74, 6) is 0. The molecule has 0 amide bonds. The quantitative estimate of drug-likeness (QED) is 0.159. The van der Waals surface area contributed by atoms with Crippen LogP contribution in [0.5, 0.6) is 0 Å². The Labute approximate surface area is 292 Å². The number of nitrogens with zero attached hydrogens (tertiary/aromatic N) is 2. The number of para-hydroxylation sites is 3. The second-order valence-electron chi connectivity index (χ2n) is 12.7. The highest BCUT2D eigenvalue weighted by Crippen LogP contribution is 2.51. The molecule has 236 valence electrons. The predicted molar refractivity (Wildman–Crippen MR) is 208 cm³/mol. The SMILES string of the molecule is c1ccc(C(c2ccccc2)(c2ccccc2-c2ccc(-c3ccncc3)cc2)c2ccccc2-n2c3ccccc3c3ccccc32)cc1. The van der Waals surface area contributed by atoms with E-state index in [0.717, 1.165) is 11.3 Å². The van der Waals surface area contributed by atoms with E-state index in [1.54, 1.807) is 0 Å². The monoisotopic (exact) mass is 638 g/mol. The molecule has 0 unspecified atom stereocenters. The lowest BCUT2D eigenvalue weighted by Crippen LogP contribution is -2.33. The molecule has 0 saturated heterocycles. The molecule has 0 saturated carbocycles. The third-order valence-electron chi connectivity index (χ3n) is 10.1. The first-order valence-corrected chi connectivity index (χ1v) is 17.1. The van der Waals surface area contributed by atoms with E-state index in [-0.39, 0.29) is 0 Å². The first kappa shape index (κ1) is 29.6. The smallest absolute Gasteiger partial charge is 0.0727 e. The maximum absolute atomic E-state index is 4.22. The van der Waals surface area contributed by atoms with Crippen LogP contribution in [0.1, 0.15) is 22.3 Å². The average Bonchev–Trinajstić information content (AvgIpc) is 3.54. The minimum atomic E-state index is -0.675. The zero-order valence-corrected chi connectivity index (χ0v) is 27.5. The molecule has 0 aliphatic carbocycles. The number of pyridine rings is 1. The van der Waals surface area contributed by atoms with Gasteiger partial charge in [-0.1, -0.05) is 164 Å². The maximum atomic E-state index is 4.22. The van der Waals surface area contributed by atoms with E-state index in [1.165, 1.54) is 60.8 Å². The Bertz CT molecular complexity index is 2470. The van der Waals surface area contributed by atoms with E-state index in [2.05, 4.69) is 204 Å². The molecule has 9 rings (SSSR count). The van der Waals surface area contributed by atoms with Gasteiger partial charge in [0.25, 0.3) is 0 Å². The molecule has 2 aromatic heterocycles. The number of hydrogen-bond acceptors (Lipinski definition) is 1. The highest BCUT2D eigenvalue weighted by Gasteiger charge is 2.42. The maximum Gasteiger partial charge on any atom is 0.0727 e. The molecule has 0 bridgehead atoms. The molecular formula is C48H34N2. The minimum Gasteiger partial charge on any atom is -0.309 e. The van der Waals surface area contributed by atoms with Crippen molar-refractivity contribution < 1.29 is 0 Å². The summed E-state index contributed by atoms with van der Waals surface area (Å²) >= 11 is 0. The lowest BCUT2D eigenvalue weighted by Gasteiger charge is -2.39. The molecule has 7 aromatic carbocycles. The van der Waals surface area contributed by atoms with Crippen LogP contribution in [0.15, 0.2) is 207 Å². The van der Waals surface area contributed by atoms with Crippen LogP contribution < -0.4 is 0 Å². The van der Waals surface area contributed by atoms with Gasteiger partial charge in [-0.3, -0.25) is 4.98 Å². The molecular weight excluding hydrogens is 605 g/mol. The van der Waals surface area contributed by atoms with Crippen LogP contribution in [0.25, 0.3) is 49.7 Å². The van der Waals surface area contributed by atoms with Gasteiger partial charge in [-0.05, 0) is 74.8 Å². The van der Waals surface area contributed by atoms with Crippen molar-refractivity contribution in [2.24, 2.45) is 0 Å². The van der Waals surface area contributed by atoms with Gasteiger partial charge in [0.05, 0.1) is 22.1 Å². The summed E-state index contributed by atoms with van der Waals surface area (Å²) in [6.45, 7) is 0. The van der Waals surface area contributed by atoms with Crippen molar-refractivity contribution >= 4 is 21.8 Å². The van der Waals surface area contributed by atoms with E-state index < -0.39 is 5.41 Å². The molecule has 0 aliphatic heterocycles. The van der Waals surface area contributed by atoms with Gasteiger partial charge in [0.1, 0.15) is 0 Å². The molecule has 9 aromatic rings. The van der Waals surface area contributed by atoms with Gasteiger partial charge >= 0.3 is 0 Å². The van der Waals surface area contributed by atoms with Gasteiger partial charge in [0.2, 0.25) is 0 Å². The number of rotatable bonds is 7. The summed E-state index contributed by atoms with van der Waals surface area (Å²) in [5.41, 5.74) is 12.4. The normalized spacial score (nSPS) is 11.6. The molecule has 2 heteroatoms. The van der Waals surface area contributed by atoms with Crippen LogP contribution in [-0.2, 0) is 5.41 Å². The fraction of sp³-hybridized carbons (Fsp3) is 0.0208. The zero-order chi connectivity index (χ0) is 33.3. The van der Waals surface area contributed by atoms with Crippen LogP contribution in [-0.4, -0.2) is 9.55 Å². The average molecular weight is 639 g/mol. The van der Waals surface area contributed by atoms with Gasteiger partial charge < -0.3 is 4.57 Å². The first-order valence-electron chi connectivity index (χ1n) is 17.1.